The summed E-state index contributed by atoms with van der Waals surface area (Å²) in [5.41, 5.74) is 3.43. The largest absolute Gasteiger partial charge is 0.472 e. The molecule has 1 aliphatic heterocycles. The molecule has 214 valence electrons. The van der Waals surface area contributed by atoms with Crippen LogP contribution in [0.1, 0.15) is 23.1 Å². The van der Waals surface area contributed by atoms with Gasteiger partial charge in [-0.15, -0.1) is 0 Å². The number of hydrogen-bond donors (Lipinski definition) is 1. The third-order valence-electron chi connectivity index (χ3n) is 6.79. The van der Waals surface area contributed by atoms with Crippen LogP contribution in [0.3, 0.4) is 0 Å². The summed E-state index contributed by atoms with van der Waals surface area (Å²) in [6.07, 6.45) is 2.59. The number of sulfonamides is 1. The van der Waals surface area contributed by atoms with Gasteiger partial charge < -0.3 is 9.64 Å². The quantitative estimate of drug-likeness (QED) is 0.321. The van der Waals surface area contributed by atoms with Gasteiger partial charge in [0.1, 0.15) is 16.8 Å². The Balaban J connectivity index is 1.39. The lowest BCUT2D eigenvalue weighted by atomic mass is 10.00. The lowest BCUT2D eigenvalue weighted by molar-refractivity contribution is -0.129. The molecule has 0 bridgehead atoms. The smallest absolute Gasteiger partial charge is 0.267 e. The number of rotatable bonds is 8. The molecule has 10 nitrogen and oxygen atoms in total. The van der Waals surface area contributed by atoms with Gasteiger partial charge in [0.05, 0.1) is 24.9 Å². The molecule has 0 saturated carbocycles. The highest BCUT2D eigenvalue weighted by atomic mass is 35.5. The molecule has 1 atom stereocenters. The molecule has 1 N–H and O–H groups in total. The molecule has 13 heteroatoms. The van der Waals surface area contributed by atoms with Crippen molar-refractivity contribution in [2.24, 2.45) is 7.05 Å². The van der Waals surface area contributed by atoms with Gasteiger partial charge in [-0.3, -0.25) is 9.48 Å². The highest BCUT2D eigenvalue weighted by Crippen LogP contribution is 2.30. The van der Waals surface area contributed by atoms with E-state index < -0.39 is 21.9 Å². The zero-order valence-electron chi connectivity index (χ0n) is 22.6. The Morgan fingerprint density at radius 2 is 1.93 bits per heavy atom. The van der Waals surface area contributed by atoms with Crippen LogP contribution in [0.25, 0.3) is 11.3 Å². The van der Waals surface area contributed by atoms with E-state index in [4.69, 9.17) is 16.3 Å². The van der Waals surface area contributed by atoms with Crippen LogP contribution in [0.4, 0.5) is 10.3 Å². The monoisotopic (exact) mass is 598 g/mol. The molecule has 1 unspecified atom stereocenters. The number of anilines is 1. The van der Waals surface area contributed by atoms with Crippen LogP contribution in [0.5, 0.6) is 5.88 Å². The number of benzene rings is 2. The van der Waals surface area contributed by atoms with Crippen molar-refractivity contribution in [1.82, 2.24) is 24.6 Å². The van der Waals surface area contributed by atoms with E-state index in [-0.39, 0.29) is 41.2 Å². The van der Waals surface area contributed by atoms with E-state index in [0.717, 1.165) is 16.7 Å². The molecule has 4 aromatic rings. The first kappa shape index (κ1) is 28.5. The third kappa shape index (κ3) is 6.49. The van der Waals surface area contributed by atoms with E-state index in [1.54, 1.807) is 18.0 Å². The van der Waals surface area contributed by atoms with Crippen molar-refractivity contribution in [3.05, 3.63) is 82.4 Å². The fourth-order valence-electron chi connectivity index (χ4n) is 4.77. The van der Waals surface area contributed by atoms with Gasteiger partial charge >= 0.3 is 0 Å². The molecule has 0 radical (unpaired) electrons. The number of nitrogens with one attached hydrogen (secondary N) is 1. The van der Waals surface area contributed by atoms with Crippen LogP contribution in [-0.2, 0) is 28.3 Å². The maximum Gasteiger partial charge on any atom is 0.267 e. The first-order valence-electron chi connectivity index (χ1n) is 12.8. The van der Waals surface area contributed by atoms with Crippen LogP contribution in [0.15, 0.2) is 59.8 Å². The van der Waals surface area contributed by atoms with Crippen molar-refractivity contribution in [3.8, 4) is 17.1 Å². The molecule has 5 rings (SSSR count). The number of ether oxygens (including phenoxy) is 1. The van der Waals surface area contributed by atoms with Crippen molar-refractivity contribution < 1.29 is 22.3 Å². The van der Waals surface area contributed by atoms with Gasteiger partial charge in [0.15, 0.2) is 0 Å². The Morgan fingerprint density at radius 1 is 1.17 bits per heavy atom. The van der Waals surface area contributed by atoms with Gasteiger partial charge in [-0.2, -0.15) is 10.1 Å². The van der Waals surface area contributed by atoms with Crippen LogP contribution in [0, 0.1) is 19.7 Å². The van der Waals surface area contributed by atoms with Crippen LogP contribution in [-0.4, -0.2) is 58.2 Å². The molecule has 0 spiro atoms. The first-order chi connectivity index (χ1) is 19.5. The summed E-state index contributed by atoms with van der Waals surface area (Å²) in [5, 5.41) is 4.28. The highest BCUT2D eigenvalue weighted by molar-refractivity contribution is 7.92. The number of aryl methyl sites for hydroxylation is 3. The van der Waals surface area contributed by atoms with E-state index in [1.165, 1.54) is 35.3 Å². The Morgan fingerprint density at radius 3 is 2.63 bits per heavy atom. The van der Waals surface area contributed by atoms with E-state index in [9.17, 15) is 17.6 Å². The molecule has 2 aromatic heterocycles. The van der Waals surface area contributed by atoms with E-state index in [0.29, 0.717) is 23.7 Å². The van der Waals surface area contributed by atoms with Gasteiger partial charge in [0.25, 0.3) is 10.0 Å². The SMILES string of the molecule is Cc1cccc(C)c1-c1cc(OC2CCN(C(=O)Cc3cc(Cl)ccc3F)C2)nc(NS(=O)(=O)c2cnn(C)c2)n1. The molecule has 1 saturated heterocycles. The van der Waals surface area contributed by atoms with Crippen molar-refractivity contribution in [1.29, 1.82) is 0 Å². The summed E-state index contributed by atoms with van der Waals surface area (Å²) in [6.45, 7) is 4.56. The van der Waals surface area contributed by atoms with Crippen LogP contribution in [0.2, 0.25) is 5.02 Å². The summed E-state index contributed by atoms with van der Waals surface area (Å²) >= 11 is 5.97. The Hall–Kier alpha value is -4.03. The minimum Gasteiger partial charge on any atom is -0.472 e. The molecular formula is C28H28ClFN6O4S. The molecule has 1 amide bonds. The summed E-state index contributed by atoms with van der Waals surface area (Å²) in [5.74, 6) is -0.745. The van der Waals surface area contributed by atoms with Crippen molar-refractivity contribution in [3.63, 3.8) is 0 Å². The molecule has 0 aliphatic carbocycles. The van der Waals surface area contributed by atoms with Gasteiger partial charge in [-0.1, -0.05) is 29.8 Å². The number of amides is 1. The lowest BCUT2D eigenvalue weighted by Crippen LogP contribution is -2.32. The predicted octanol–water partition coefficient (Wildman–Crippen LogP) is 4.31. The number of hydrogen-bond acceptors (Lipinski definition) is 7. The summed E-state index contributed by atoms with van der Waals surface area (Å²) in [7, 11) is -2.40. The summed E-state index contributed by atoms with van der Waals surface area (Å²) in [4.78, 5) is 23.3. The van der Waals surface area contributed by atoms with Crippen molar-refractivity contribution in [2.45, 2.75) is 37.7 Å². The normalized spacial score (nSPS) is 15.2. The molecule has 1 aliphatic rings. The number of carbonyl (C=O) groups is 1. The average molecular weight is 599 g/mol. The maximum atomic E-state index is 14.2. The van der Waals surface area contributed by atoms with E-state index >= 15 is 0 Å². The second kappa shape index (κ2) is 11.5. The first-order valence-corrected chi connectivity index (χ1v) is 14.7. The second-order valence-corrected chi connectivity index (χ2v) is 12.0. The fraction of sp³-hybridized carbons (Fsp3) is 0.286. The van der Waals surface area contributed by atoms with Crippen LogP contribution >= 0.6 is 11.6 Å². The van der Waals surface area contributed by atoms with Gasteiger partial charge in [0.2, 0.25) is 17.7 Å². The lowest BCUT2D eigenvalue weighted by Gasteiger charge is -2.18. The molecule has 41 heavy (non-hydrogen) atoms. The number of carbonyl (C=O) groups excluding carboxylic acids is 1. The molecule has 2 aromatic carbocycles. The Kier molecular flexibility index (Phi) is 7.96. The number of halogens is 2. The van der Waals surface area contributed by atoms with E-state index in [2.05, 4.69) is 19.8 Å². The summed E-state index contributed by atoms with van der Waals surface area (Å²) < 4.78 is 50.1. The predicted molar refractivity (Wildman–Crippen MR) is 152 cm³/mol. The number of likely N-dealkylation sites (tertiary alicyclic amines) is 1. The van der Waals surface area contributed by atoms with Crippen molar-refractivity contribution in [2.75, 3.05) is 17.8 Å². The Labute approximate surface area is 242 Å². The third-order valence-corrected chi connectivity index (χ3v) is 8.31. The van der Waals surface area contributed by atoms with Gasteiger partial charge in [-0.25, -0.2) is 22.5 Å². The number of aromatic nitrogens is 4. The standard InChI is InChI=1S/C28H28ClFN6O4S/c1-17-5-4-6-18(2)27(17)24-13-25(33-28(32-24)34-41(38,39)22-14-31-35(3)16-22)40-21-9-10-36(15-21)26(37)12-19-11-20(29)7-8-23(19)30/h4-8,11,13-14,16,21H,9-10,12,15H2,1-3H3,(H,32,33,34). The van der Waals surface area contributed by atoms with Gasteiger partial charge in [-0.05, 0) is 48.7 Å². The summed E-state index contributed by atoms with van der Waals surface area (Å²) in [6, 6.07) is 11.6. The van der Waals surface area contributed by atoms with Crippen LogP contribution < -0.4 is 9.46 Å². The van der Waals surface area contributed by atoms with E-state index in [1.807, 2.05) is 32.0 Å². The minimum absolute atomic E-state index is 0.0374. The molecular weight excluding hydrogens is 571 g/mol. The zero-order chi connectivity index (χ0) is 29.3. The zero-order valence-corrected chi connectivity index (χ0v) is 24.2. The molecule has 1 fully saturated rings. The topological polar surface area (TPSA) is 119 Å². The second-order valence-electron chi connectivity index (χ2n) is 9.92. The maximum absolute atomic E-state index is 14.2. The fourth-order valence-corrected chi connectivity index (χ4v) is 5.89. The number of nitrogens with zero attached hydrogens (tertiary/aromatic N) is 5. The Bertz CT molecular complexity index is 1710. The minimum atomic E-state index is -4.02. The molecule has 3 heterocycles. The highest BCUT2D eigenvalue weighted by Gasteiger charge is 2.29. The van der Waals surface area contributed by atoms with Crippen molar-refractivity contribution >= 4 is 33.5 Å². The average Bonchev–Trinajstić information content (AvgIpc) is 3.55. The van der Waals surface area contributed by atoms with Gasteiger partial charge in [0, 0.05) is 42.9 Å².